The molecule has 0 spiro atoms. The normalized spacial score (nSPS) is 20.7. The Balaban J connectivity index is 2.70. The highest BCUT2D eigenvalue weighted by Gasteiger charge is 2.31. The predicted molar refractivity (Wildman–Crippen MR) is 96.5 cm³/mol. The zero-order valence-electron chi connectivity index (χ0n) is 15.4. The van der Waals surface area contributed by atoms with Gasteiger partial charge in [-0.15, -0.1) is 0 Å². The summed E-state index contributed by atoms with van der Waals surface area (Å²) in [5, 5.41) is 6.42. The Hall–Kier alpha value is -1.35. The van der Waals surface area contributed by atoms with Gasteiger partial charge in [-0.2, -0.15) is 4.31 Å². The number of hydrogen-bond donors (Lipinski definition) is 2. The molecule has 1 unspecified atom stereocenters. The Morgan fingerprint density at radius 2 is 2.08 bits per heavy atom. The lowest BCUT2D eigenvalue weighted by molar-refractivity contribution is -0.127. The van der Waals surface area contributed by atoms with Crippen LogP contribution in [0.25, 0.3) is 0 Å². The number of aliphatic imine (C=N–C) groups is 1. The average molecular weight is 362 g/mol. The number of likely N-dealkylation sites (N-methyl/N-ethyl adjacent to an activating group) is 1. The van der Waals surface area contributed by atoms with E-state index in [1.165, 1.54) is 15.5 Å². The van der Waals surface area contributed by atoms with Gasteiger partial charge >= 0.3 is 0 Å². The van der Waals surface area contributed by atoms with Crippen molar-refractivity contribution in [2.75, 3.05) is 40.0 Å². The van der Waals surface area contributed by atoms with Gasteiger partial charge in [-0.1, -0.05) is 6.92 Å². The van der Waals surface area contributed by atoms with Gasteiger partial charge in [0, 0.05) is 39.3 Å². The van der Waals surface area contributed by atoms with E-state index in [-0.39, 0.29) is 24.5 Å². The van der Waals surface area contributed by atoms with Gasteiger partial charge in [0.05, 0.1) is 6.26 Å². The second-order valence-electron chi connectivity index (χ2n) is 6.46. The quantitative estimate of drug-likeness (QED) is 0.485. The smallest absolute Gasteiger partial charge is 0.243 e. The Labute approximate surface area is 145 Å². The topological polar surface area (TPSA) is 94.1 Å². The number of sulfonamides is 1. The van der Waals surface area contributed by atoms with Crippen LogP contribution < -0.4 is 10.6 Å². The molecule has 2 N–H and O–H groups in total. The molecule has 1 rings (SSSR count). The number of hydrogen-bond acceptors (Lipinski definition) is 4. The van der Waals surface area contributed by atoms with Crippen LogP contribution in [0, 0.1) is 0 Å². The van der Waals surface area contributed by atoms with E-state index >= 15 is 0 Å². The van der Waals surface area contributed by atoms with E-state index in [1.807, 2.05) is 6.92 Å². The first kappa shape index (κ1) is 20.7. The van der Waals surface area contributed by atoms with Crippen molar-refractivity contribution in [3.8, 4) is 0 Å². The summed E-state index contributed by atoms with van der Waals surface area (Å²) in [4.78, 5) is 17.5. The Kier molecular flexibility index (Phi) is 7.95. The van der Waals surface area contributed by atoms with E-state index in [4.69, 9.17) is 0 Å². The van der Waals surface area contributed by atoms with Crippen molar-refractivity contribution in [2.45, 2.75) is 45.2 Å². The zero-order valence-corrected chi connectivity index (χ0v) is 16.2. The van der Waals surface area contributed by atoms with E-state index in [9.17, 15) is 13.2 Å². The molecule has 1 aliphatic heterocycles. The van der Waals surface area contributed by atoms with Crippen molar-refractivity contribution in [1.82, 2.24) is 19.8 Å². The van der Waals surface area contributed by atoms with E-state index in [0.29, 0.717) is 19.0 Å². The van der Waals surface area contributed by atoms with E-state index in [2.05, 4.69) is 22.5 Å². The van der Waals surface area contributed by atoms with Crippen LogP contribution in [0.15, 0.2) is 4.99 Å². The largest absolute Gasteiger partial charge is 0.355 e. The van der Waals surface area contributed by atoms with Crippen molar-refractivity contribution in [3.05, 3.63) is 0 Å². The van der Waals surface area contributed by atoms with Crippen LogP contribution in [0.4, 0.5) is 0 Å². The molecule has 0 bridgehead atoms. The van der Waals surface area contributed by atoms with Crippen molar-refractivity contribution < 1.29 is 13.2 Å². The molecule has 1 saturated heterocycles. The molecule has 9 heteroatoms. The Bertz CT molecular complexity index is 547. The zero-order chi connectivity index (χ0) is 18.3. The first-order valence-corrected chi connectivity index (χ1v) is 10.2. The molecular weight excluding hydrogens is 330 g/mol. The fraction of sp³-hybridized carbons (Fsp3) is 0.867. The fourth-order valence-electron chi connectivity index (χ4n) is 2.44. The summed E-state index contributed by atoms with van der Waals surface area (Å²) in [6, 6.07) is 0.133. The van der Waals surface area contributed by atoms with Crippen LogP contribution in [0.3, 0.4) is 0 Å². The lowest BCUT2D eigenvalue weighted by Crippen LogP contribution is -2.48. The second kappa shape index (κ2) is 9.22. The van der Waals surface area contributed by atoms with E-state index < -0.39 is 10.0 Å². The number of nitrogens with one attached hydrogen (secondary N) is 2. The lowest BCUT2D eigenvalue weighted by Gasteiger charge is -2.24. The highest BCUT2D eigenvalue weighted by Crippen LogP contribution is 2.19. The SMILES string of the molecule is CCC(C)NC(=NCC(=O)N(C)C)NC[C@H]1CCCN1S(C)(=O)=O. The minimum absolute atomic E-state index is 0.0548. The maximum absolute atomic E-state index is 11.8. The van der Waals surface area contributed by atoms with Gasteiger partial charge in [-0.05, 0) is 26.2 Å². The van der Waals surface area contributed by atoms with Crippen molar-refractivity contribution in [1.29, 1.82) is 0 Å². The van der Waals surface area contributed by atoms with Crippen LogP contribution >= 0.6 is 0 Å². The summed E-state index contributed by atoms with van der Waals surface area (Å²) >= 11 is 0. The molecule has 0 radical (unpaired) electrons. The van der Waals surface area contributed by atoms with Gasteiger partial charge < -0.3 is 15.5 Å². The fourth-order valence-corrected chi connectivity index (χ4v) is 3.62. The molecule has 8 nitrogen and oxygen atoms in total. The molecule has 1 fully saturated rings. The highest BCUT2D eigenvalue weighted by atomic mass is 32.2. The van der Waals surface area contributed by atoms with Crippen LogP contribution in [-0.4, -0.2) is 81.6 Å². The average Bonchev–Trinajstić information content (AvgIpc) is 2.97. The predicted octanol–water partition coefficient (Wildman–Crippen LogP) is -0.168. The molecule has 24 heavy (non-hydrogen) atoms. The minimum Gasteiger partial charge on any atom is -0.355 e. The third-order valence-electron chi connectivity index (χ3n) is 4.12. The minimum atomic E-state index is -3.19. The summed E-state index contributed by atoms with van der Waals surface area (Å²) in [6.45, 7) is 5.19. The van der Waals surface area contributed by atoms with Crippen LogP contribution in [-0.2, 0) is 14.8 Å². The number of nitrogens with zero attached hydrogens (tertiary/aromatic N) is 3. The molecule has 0 aliphatic carbocycles. The molecule has 0 aromatic rings. The van der Waals surface area contributed by atoms with E-state index in [0.717, 1.165) is 19.3 Å². The number of guanidine groups is 1. The Morgan fingerprint density at radius 1 is 1.42 bits per heavy atom. The molecule has 1 aliphatic rings. The molecule has 0 aromatic carbocycles. The number of carbonyl (C=O) groups is 1. The lowest BCUT2D eigenvalue weighted by atomic mass is 10.2. The molecular formula is C15H31N5O3S. The molecule has 140 valence electrons. The Morgan fingerprint density at radius 3 is 2.62 bits per heavy atom. The molecule has 2 atom stereocenters. The van der Waals surface area contributed by atoms with Crippen molar-refractivity contribution in [2.24, 2.45) is 4.99 Å². The number of carbonyl (C=O) groups excluding carboxylic acids is 1. The van der Waals surface area contributed by atoms with Crippen LogP contribution in [0.1, 0.15) is 33.1 Å². The van der Waals surface area contributed by atoms with Gasteiger partial charge in [0.15, 0.2) is 5.96 Å². The summed E-state index contributed by atoms with van der Waals surface area (Å²) in [5.41, 5.74) is 0. The van der Waals surface area contributed by atoms with Crippen LogP contribution in [0.5, 0.6) is 0 Å². The second-order valence-corrected chi connectivity index (χ2v) is 8.39. The van der Waals surface area contributed by atoms with Crippen LogP contribution in [0.2, 0.25) is 0 Å². The molecule has 0 saturated carbocycles. The third kappa shape index (κ3) is 6.64. The summed E-state index contributed by atoms with van der Waals surface area (Å²) in [5.74, 6) is 0.457. The van der Waals surface area contributed by atoms with E-state index in [1.54, 1.807) is 14.1 Å². The highest BCUT2D eigenvalue weighted by molar-refractivity contribution is 7.88. The first-order chi connectivity index (χ1) is 11.1. The maximum Gasteiger partial charge on any atom is 0.243 e. The summed E-state index contributed by atoms with van der Waals surface area (Å²) in [7, 11) is 0.188. The standard InChI is InChI=1S/C15H31N5O3S/c1-6-12(2)18-15(17-11-14(21)19(3)4)16-10-13-8-7-9-20(13)24(5,22)23/h12-13H,6-11H2,1-5H3,(H2,16,17,18)/t12?,13-/m1/s1. The molecule has 1 heterocycles. The van der Waals surface area contributed by atoms with Crippen molar-refractivity contribution in [3.63, 3.8) is 0 Å². The first-order valence-electron chi connectivity index (χ1n) is 8.37. The summed E-state index contributed by atoms with van der Waals surface area (Å²) < 4.78 is 25.1. The summed E-state index contributed by atoms with van der Waals surface area (Å²) in [6.07, 6.45) is 3.85. The van der Waals surface area contributed by atoms with Gasteiger partial charge in [0.2, 0.25) is 15.9 Å². The number of amides is 1. The van der Waals surface area contributed by atoms with Gasteiger partial charge in [-0.3, -0.25) is 4.79 Å². The number of rotatable bonds is 7. The van der Waals surface area contributed by atoms with Crippen molar-refractivity contribution >= 4 is 21.9 Å². The molecule has 0 aromatic heterocycles. The van der Waals surface area contributed by atoms with Gasteiger partial charge in [0.1, 0.15) is 6.54 Å². The maximum atomic E-state index is 11.8. The van der Waals surface area contributed by atoms with Gasteiger partial charge in [0.25, 0.3) is 0 Å². The van der Waals surface area contributed by atoms with Gasteiger partial charge in [-0.25, -0.2) is 13.4 Å². The third-order valence-corrected chi connectivity index (χ3v) is 5.45. The monoisotopic (exact) mass is 361 g/mol. The molecule has 1 amide bonds.